The Bertz CT molecular complexity index is 1080. The molecule has 1 amide bonds. The van der Waals surface area contributed by atoms with E-state index in [9.17, 15) is 9.00 Å². The van der Waals surface area contributed by atoms with Crippen molar-refractivity contribution in [3.8, 4) is 0 Å². The van der Waals surface area contributed by atoms with Crippen molar-refractivity contribution < 1.29 is 13.7 Å². The summed E-state index contributed by atoms with van der Waals surface area (Å²) in [5.41, 5.74) is 2.39. The molecule has 2 aromatic rings. The lowest BCUT2D eigenvalue weighted by Gasteiger charge is -2.23. The number of hydrogen-bond acceptors (Lipinski definition) is 6. The Morgan fingerprint density at radius 2 is 1.88 bits per heavy atom. The third kappa shape index (κ3) is 7.22. The van der Waals surface area contributed by atoms with Gasteiger partial charge in [-0.25, -0.2) is 13.7 Å². The van der Waals surface area contributed by atoms with Crippen LogP contribution < -0.4 is 10.6 Å². The molecule has 9 heteroatoms. The molecule has 1 aliphatic rings. The summed E-state index contributed by atoms with van der Waals surface area (Å²) in [4.78, 5) is 12.0. The SMILES string of the molecule is CC(C)NC(=O)O[C@@H]1CC[C@H](c2cc(Nc3ccc(N=S(C)(C)=O)cc3)n(C(C)(C)C)n2)C1. The van der Waals surface area contributed by atoms with E-state index in [1.807, 2.05) is 42.8 Å². The predicted octanol–water partition coefficient (Wildman–Crippen LogP) is 5.51. The van der Waals surface area contributed by atoms with Crippen molar-refractivity contribution in [2.45, 2.75) is 77.5 Å². The second-order valence-electron chi connectivity index (χ2n) is 10.3. The lowest BCUT2D eigenvalue weighted by Crippen LogP contribution is -2.33. The van der Waals surface area contributed by atoms with E-state index >= 15 is 0 Å². The molecule has 8 nitrogen and oxygen atoms in total. The van der Waals surface area contributed by atoms with Crippen molar-refractivity contribution in [1.29, 1.82) is 0 Å². The van der Waals surface area contributed by atoms with E-state index in [2.05, 4.69) is 41.8 Å². The molecule has 182 valence electrons. The zero-order valence-electron chi connectivity index (χ0n) is 20.7. The lowest BCUT2D eigenvalue weighted by molar-refractivity contribution is 0.0981. The van der Waals surface area contributed by atoms with Crippen LogP contribution in [0.25, 0.3) is 0 Å². The van der Waals surface area contributed by atoms with Crippen molar-refractivity contribution in [2.75, 3.05) is 17.8 Å². The van der Waals surface area contributed by atoms with Crippen LogP contribution in [0.15, 0.2) is 34.7 Å². The number of carbonyl (C=O) groups is 1. The number of hydrogen-bond donors (Lipinski definition) is 2. The van der Waals surface area contributed by atoms with E-state index in [0.717, 1.165) is 36.5 Å². The van der Waals surface area contributed by atoms with Crippen LogP contribution in [0.3, 0.4) is 0 Å². The van der Waals surface area contributed by atoms with Crippen molar-refractivity contribution in [3.63, 3.8) is 0 Å². The van der Waals surface area contributed by atoms with Crippen LogP contribution in [0.1, 0.15) is 65.5 Å². The molecule has 1 aromatic heterocycles. The maximum absolute atomic E-state index is 12.0. The fourth-order valence-electron chi connectivity index (χ4n) is 3.94. The van der Waals surface area contributed by atoms with Gasteiger partial charge in [-0.3, -0.25) is 0 Å². The average Bonchev–Trinajstić information content (AvgIpc) is 3.28. The molecular formula is C24H37N5O3S. The second kappa shape index (κ2) is 9.75. The molecule has 1 aromatic carbocycles. The third-order valence-corrected chi connectivity index (χ3v) is 5.96. The minimum Gasteiger partial charge on any atom is -0.446 e. The topological polar surface area (TPSA) is 97.6 Å². The molecule has 0 bridgehead atoms. The molecule has 2 N–H and O–H groups in total. The molecule has 0 saturated heterocycles. The minimum atomic E-state index is -2.19. The quantitative estimate of drug-likeness (QED) is 0.574. The van der Waals surface area contributed by atoms with Gasteiger partial charge in [0.05, 0.1) is 16.9 Å². The van der Waals surface area contributed by atoms with Gasteiger partial charge in [0.15, 0.2) is 0 Å². The maximum atomic E-state index is 12.0. The van der Waals surface area contributed by atoms with E-state index in [-0.39, 0.29) is 29.7 Å². The third-order valence-electron chi connectivity index (χ3n) is 5.31. The fraction of sp³-hybridized carbons (Fsp3) is 0.583. The number of aromatic nitrogens is 2. The van der Waals surface area contributed by atoms with Gasteiger partial charge in [-0.05, 0) is 78.1 Å². The summed E-state index contributed by atoms with van der Waals surface area (Å²) in [7, 11) is -2.19. The van der Waals surface area contributed by atoms with E-state index in [1.54, 1.807) is 12.5 Å². The molecule has 3 rings (SSSR count). The highest BCUT2D eigenvalue weighted by Gasteiger charge is 2.32. The number of benzene rings is 1. The minimum absolute atomic E-state index is 0.0570. The molecule has 1 aliphatic carbocycles. The first-order valence-corrected chi connectivity index (χ1v) is 13.7. The van der Waals surface area contributed by atoms with Gasteiger partial charge in [0.1, 0.15) is 11.9 Å². The van der Waals surface area contributed by atoms with E-state index in [4.69, 9.17) is 9.84 Å². The molecular weight excluding hydrogens is 438 g/mol. The van der Waals surface area contributed by atoms with Crippen LogP contribution in [-0.4, -0.2) is 44.7 Å². The largest absolute Gasteiger partial charge is 0.446 e. The smallest absolute Gasteiger partial charge is 0.407 e. The summed E-state index contributed by atoms with van der Waals surface area (Å²) < 4.78 is 23.8. The first-order valence-electron chi connectivity index (χ1n) is 11.4. The van der Waals surface area contributed by atoms with E-state index < -0.39 is 9.73 Å². The first kappa shape index (κ1) is 25.1. The van der Waals surface area contributed by atoms with Gasteiger partial charge in [0.2, 0.25) is 0 Å². The van der Waals surface area contributed by atoms with Crippen LogP contribution in [0, 0.1) is 0 Å². The Morgan fingerprint density at radius 3 is 2.45 bits per heavy atom. The Morgan fingerprint density at radius 1 is 1.21 bits per heavy atom. The Labute approximate surface area is 197 Å². The highest BCUT2D eigenvalue weighted by Crippen LogP contribution is 2.38. The summed E-state index contributed by atoms with van der Waals surface area (Å²) in [6, 6.07) is 9.72. The molecule has 1 heterocycles. The van der Waals surface area contributed by atoms with Crippen LogP contribution in [-0.2, 0) is 20.0 Å². The molecule has 2 atom stereocenters. The highest BCUT2D eigenvalue weighted by atomic mass is 32.2. The van der Waals surface area contributed by atoms with Gasteiger partial charge in [0, 0.05) is 46.0 Å². The summed E-state index contributed by atoms with van der Waals surface area (Å²) in [5, 5.41) is 11.2. The standard InChI is InChI=1S/C24H37N5O3S/c1-16(2)25-23(30)32-20-13-8-17(14-20)21-15-22(29(27-21)24(3,4)5)26-18-9-11-19(12-10-18)28-33(6,7)31/h9-12,15-17,20,26H,8,13-14H2,1-7H3,(H,25,30)/t17-,20+/m0/s1. The van der Waals surface area contributed by atoms with Crippen molar-refractivity contribution in [3.05, 3.63) is 36.0 Å². The number of alkyl carbamates (subject to hydrolysis) is 1. The van der Waals surface area contributed by atoms with Gasteiger partial charge in [0.25, 0.3) is 0 Å². The fourth-order valence-corrected chi connectivity index (χ4v) is 4.57. The van der Waals surface area contributed by atoms with Crippen molar-refractivity contribution in [2.24, 2.45) is 4.36 Å². The van der Waals surface area contributed by atoms with Crippen molar-refractivity contribution in [1.82, 2.24) is 15.1 Å². The van der Waals surface area contributed by atoms with Crippen molar-refractivity contribution >= 4 is 33.0 Å². The van der Waals surface area contributed by atoms with Crippen LogP contribution in [0.4, 0.5) is 22.0 Å². The Balaban J connectivity index is 1.76. The number of ether oxygens (including phenoxy) is 1. The zero-order chi connectivity index (χ0) is 24.4. The first-order chi connectivity index (χ1) is 15.3. The number of rotatable bonds is 6. The highest BCUT2D eigenvalue weighted by molar-refractivity contribution is 7.92. The lowest BCUT2D eigenvalue weighted by atomic mass is 10.0. The molecule has 1 fully saturated rings. The van der Waals surface area contributed by atoms with Gasteiger partial charge in [-0.1, -0.05) is 0 Å². The van der Waals surface area contributed by atoms with Gasteiger partial charge < -0.3 is 15.4 Å². The number of nitrogens with one attached hydrogen (secondary N) is 2. The number of nitrogens with zero attached hydrogens (tertiary/aromatic N) is 3. The van der Waals surface area contributed by atoms with E-state index in [0.29, 0.717) is 5.69 Å². The van der Waals surface area contributed by atoms with Gasteiger partial charge >= 0.3 is 6.09 Å². The Hall–Kier alpha value is -2.55. The van der Waals surface area contributed by atoms with Crippen LogP contribution >= 0.6 is 0 Å². The summed E-state index contributed by atoms with van der Waals surface area (Å²) in [6.45, 7) is 10.2. The van der Waals surface area contributed by atoms with Gasteiger partial charge in [-0.15, -0.1) is 0 Å². The summed E-state index contributed by atoms with van der Waals surface area (Å²) in [5.74, 6) is 1.15. The summed E-state index contributed by atoms with van der Waals surface area (Å²) in [6.07, 6.45) is 5.35. The molecule has 0 unspecified atom stereocenters. The Kier molecular flexibility index (Phi) is 7.41. The molecule has 1 saturated carbocycles. The predicted molar refractivity (Wildman–Crippen MR) is 134 cm³/mol. The normalized spacial score (nSPS) is 18.9. The second-order valence-corrected chi connectivity index (χ2v) is 12.9. The van der Waals surface area contributed by atoms with E-state index in [1.165, 1.54) is 0 Å². The molecule has 0 radical (unpaired) electrons. The molecule has 33 heavy (non-hydrogen) atoms. The average molecular weight is 476 g/mol. The number of anilines is 2. The monoisotopic (exact) mass is 475 g/mol. The molecule has 0 spiro atoms. The van der Waals surface area contributed by atoms with Crippen LogP contribution in [0.2, 0.25) is 0 Å². The van der Waals surface area contributed by atoms with Gasteiger partial charge in [-0.2, -0.15) is 9.46 Å². The zero-order valence-corrected chi connectivity index (χ0v) is 21.5. The maximum Gasteiger partial charge on any atom is 0.407 e. The van der Waals surface area contributed by atoms with Crippen LogP contribution in [0.5, 0.6) is 0 Å². The summed E-state index contributed by atoms with van der Waals surface area (Å²) >= 11 is 0. The number of amides is 1. The number of carbonyl (C=O) groups excluding carboxylic acids is 1. The molecule has 0 aliphatic heterocycles.